The van der Waals surface area contributed by atoms with E-state index in [1.165, 1.54) is 11.1 Å². The number of unbranched alkanes of at least 4 members (excludes halogenated alkanes) is 2. The third kappa shape index (κ3) is 4.35. The van der Waals surface area contributed by atoms with Crippen LogP contribution in [0, 0.1) is 6.92 Å². The number of nitrogens with one attached hydrogen (secondary N) is 1. The number of nitrogens with zero attached hydrogens (tertiary/aromatic N) is 3. The number of benzene rings is 1. The lowest BCUT2D eigenvalue weighted by Crippen LogP contribution is -2.32. The van der Waals surface area contributed by atoms with E-state index in [2.05, 4.69) is 51.4 Å². The first-order valence-electron chi connectivity index (χ1n) is 9.13. The average Bonchev–Trinajstić information content (AvgIpc) is 2.64. The van der Waals surface area contributed by atoms with Crippen molar-refractivity contribution < 1.29 is 4.79 Å². The zero-order chi connectivity index (χ0) is 17.6. The highest BCUT2D eigenvalue weighted by molar-refractivity contribution is 5.92. The summed E-state index contributed by atoms with van der Waals surface area (Å²) in [5.74, 6) is 1.36. The predicted octanol–water partition coefficient (Wildman–Crippen LogP) is 3.27. The van der Waals surface area contributed by atoms with Gasteiger partial charge in [0.1, 0.15) is 17.3 Å². The number of aryl methyl sites for hydroxylation is 1. The Bertz CT molecular complexity index is 744. The number of hydrogen-bond donors (Lipinski definition) is 1. The number of anilines is 1. The van der Waals surface area contributed by atoms with Crippen molar-refractivity contribution in [3.8, 4) is 0 Å². The van der Waals surface area contributed by atoms with Crippen LogP contribution in [0.5, 0.6) is 0 Å². The van der Waals surface area contributed by atoms with Crippen molar-refractivity contribution in [1.82, 2.24) is 15.3 Å². The molecule has 0 radical (unpaired) electrons. The van der Waals surface area contributed by atoms with Crippen molar-refractivity contribution in [3.05, 3.63) is 53.0 Å². The molecule has 3 rings (SSSR count). The highest BCUT2D eigenvalue weighted by atomic mass is 16.1. The van der Waals surface area contributed by atoms with Crippen LogP contribution in [0.25, 0.3) is 0 Å². The molecule has 0 bridgehead atoms. The van der Waals surface area contributed by atoms with Gasteiger partial charge in [0.25, 0.3) is 5.91 Å². The van der Waals surface area contributed by atoms with Gasteiger partial charge in [0, 0.05) is 25.7 Å². The van der Waals surface area contributed by atoms with Crippen molar-refractivity contribution in [1.29, 1.82) is 0 Å². The van der Waals surface area contributed by atoms with Gasteiger partial charge in [-0.15, -0.1) is 0 Å². The van der Waals surface area contributed by atoms with E-state index in [4.69, 9.17) is 0 Å². The van der Waals surface area contributed by atoms with E-state index in [1.54, 1.807) is 0 Å². The third-order valence-corrected chi connectivity index (χ3v) is 4.58. The van der Waals surface area contributed by atoms with Crippen LogP contribution in [-0.4, -0.2) is 29.0 Å². The standard InChI is InChI=1S/C20H26N4O/c1-3-4-7-11-21-20(25)18-13-19(23-15(2)22-18)24-12-10-16-8-5-6-9-17(16)14-24/h5-6,8-9,13H,3-4,7,10-12,14H2,1-2H3,(H,21,25). The molecule has 1 aliphatic heterocycles. The molecule has 1 amide bonds. The van der Waals surface area contributed by atoms with Crippen LogP contribution in [0.4, 0.5) is 5.82 Å². The van der Waals surface area contributed by atoms with E-state index in [-0.39, 0.29) is 5.91 Å². The van der Waals surface area contributed by atoms with Gasteiger partial charge in [-0.3, -0.25) is 4.79 Å². The van der Waals surface area contributed by atoms with Gasteiger partial charge in [-0.25, -0.2) is 9.97 Å². The number of aromatic nitrogens is 2. The Morgan fingerprint density at radius 3 is 2.80 bits per heavy atom. The highest BCUT2D eigenvalue weighted by Crippen LogP contribution is 2.23. The Hall–Kier alpha value is -2.43. The minimum atomic E-state index is -0.111. The topological polar surface area (TPSA) is 58.1 Å². The highest BCUT2D eigenvalue weighted by Gasteiger charge is 2.19. The zero-order valence-corrected chi connectivity index (χ0v) is 15.1. The van der Waals surface area contributed by atoms with Gasteiger partial charge in [-0.2, -0.15) is 0 Å². The molecule has 5 heteroatoms. The van der Waals surface area contributed by atoms with Crippen LogP contribution in [0.15, 0.2) is 30.3 Å². The van der Waals surface area contributed by atoms with Crippen LogP contribution in [0.2, 0.25) is 0 Å². The summed E-state index contributed by atoms with van der Waals surface area (Å²) in [6.07, 6.45) is 4.27. The fourth-order valence-electron chi connectivity index (χ4n) is 3.19. The Kier molecular flexibility index (Phi) is 5.64. The predicted molar refractivity (Wildman–Crippen MR) is 99.8 cm³/mol. The summed E-state index contributed by atoms with van der Waals surface area (Å²) < 4.78 is 0. The first-order chi connectivity index (χ1) is 12.2. The second kappa shape index (κ2) is 8.10. The smallest absolute Gasteiger partial charge is 0.270 e. The van der Waals surface area contributed by atoms with E-state index in [0.717, 1.165) is 44.6 Å². The van der Waals surface area contributed by atoms with E-state index >= 15 is 0 Å². The Morgan fingerprint density at radius 1 is 1.20 bits per heavy atom. The quantitative estimate of drug-likeness (QED) is 0.821. The lowest BCUT2D eigenvalue weighted by Gasteiger charge is -2.30. The van der Waals surface area contributed by atoms with Gasteiger partial charge < -0.3 is 10.2 Å². The van der Waals surface area contributed by atoms with E-state index in [1.807, 2.05) is 13.0 Å². The van der Waals surface area contributed by atoms with Crippen LogP contribution in [0.1, 0.15) is 53.6 Å². The molecule has 0 aliphatic carbocycles. The van der Waals surface area contributed by atoms with Crippen molar-refractivity contribution in [2.45, 2.75) is 46.1 Å². The molecular formula is C20H26N4O. The normalized spacial score (nSPS) is 13.4. The van der Waals surface area contributed by atoms with Crippen LogP contribution in [0.3, 0.4) is 0 Å². The fourth-order valence-corrected chi connectivity index (χ4v) is 3.19. The number of carbonyl (C=O) groups excluding carboxylic acids is 1. The molecule has 1 aromatic heterocycles. The van der Waals surface area contributed by atoms with Gasteiger partial charge in [0.2, 0.25) is 0 Å². The summed E-state index contributed by atoms with van der Waals surface area (Å²) in [6, 6.07) is 10.3. The Balaban J connectivity index is 1.73. The van der Waals surface area contributed by atoms with Crippen molar-refractivity contribution >= 4 is 11.7 Å². The summed E-state index contributed by atoms with van der Waals surface area (Å²) in [4.78, 5) is 23.5. The maximum absolute atomic E-state index is 12.4. The summed E-state index contributed by atoms with van der Waals surface area (Å²) in [5, 5.41) is 2.96. The second-order valence-corrected chi connectivity index (χ2v) is 6.56. The Labute approximate surface area is 149 Å². The molecule has 0 fully saturated rings. The number of amides is 1. The minimum Gasteiger partial charge on any atom is -0.352 e. The Morgan fingerprint density at radius 2 is 2.00 bits per heavy atom. The number of fused-ring (bicyclic) bond motifs is 1. The van der Waals surface area contributed by atoms with E-state index in [9.17, 15) is 4.79 Å². The molecular weight excluding hydrogens is 312 g/mol. The molecule has 5 nitrogen and oxygen atoms in total. The monoisotopic (exact) mass is 338 g/mol. The number of rotatable bonds is 6. The summed E-state index contributed by atoms with van der Waals surface area (Å²) >= 11 is 0. The maximum atomic E-state index is 12.4. The number of carbonyl (C=O) groups is 1. The summed E-state index contributed by atoms with van der Waals surface area (Å²) in [6.45, 7) is 6.42. The second-order valence-electron chi connectivity index (χ2n) is 6.56. The van der Waals surface area contributed by atoms with Crippen molar-refractivity contribution in [3.63, 3.8) is 0 Å². The minimum absolute atomic E-state index is 0.111. The first-order valence-corrected chi connectivity index (χ1v) is 9.13. The molecule has 0 unspecified atom stereocenters. The molecule has 1 aliphatic rings. The lowest BCUT2D eigenvalue weighted by molar-refractivity contribution is 0.0947. The van der Waals surface area contributed by atoms with E-state index < -0.39 is 0 Å². The molecule has 1 aromatic carbocycles. The van der Waals surface area contributed by atoms with E-state index in [0.29, 0.717) is 18.1 Å². The van der Waals surface area contributed by atoms with Gasteiger partial charge in [0.15, 0.2) is 0 Å². The molecule has 132 valence electrons. The average molecular weight is 338 g/mol. The SMILES string of the molecule is CCCCCNC(=O)c1cc(N2CCc3ccccc3C2)nc(C)n1. The zero-order valence-electron chi connectivity index (χ0n) is 15.1. The molecule has 0 spiro atoms. The molecule has 2 heterocycles. The fraction of sp³-hybridized carbons (Fsp3) is 0.450. The number of hydrogen-bond acceptors (Lipinski definition) is 4. The first kappa shape index (κ1) is 17.4. The molecule has 25 heavy (non-hydrogen) atoms. The molecule has 1 N–H and O–H groups in total. The van der Waals surface area contributed by atoms with Gasteiger partial charge in [-0.05, 0) is 30.9 Å². The molecule has 0 atom stereocenters. The molecule has 0 saturated heterocycles. The van der Waals surface area contributed by atoms with Crippen molar-refractivity contribution in [2.75, 3.05) is 18.0 Å². The maximum Gasteiger partial charge on any atom is 0.270 e. The largest absolute Gasteiger partial charge is 0.352 e. The van der Waals surface area contributed by atoms with Crippen molar-refractivity contribution in [2.24, 2.45) is 0 Å². The van der Waals surface area contributed by atoms with Gasteiger partial charge in [0.05, 0.1) is 0 Å². The summed E-state index contributed by atoms with van der Waals surface area (Å²) in [5.41, 5.74) is 3.19. The van der Waals surface area contributed by atoms with Gasteiger partial charge >= 0.3 is 0 Å². The lowest BCUT2D eigenvalue weighted by atomic mass is 10.00. The van der Waals surface area contributed by atoms with Crippen LogP contribution in [-0.2, 0) is 13.0 Å². The third-order valence-electron chi connectivity index (χ3n) is 4.58. The van der Waals surface area contributed by atoms with Crippen LogP contribution >= 0.6 is 0 Å². The summed E-state index contributed by atoms with van der Waals surface area (Å²) in [7, 11) is 0. The molecule has 2 aromatic rings. The molecule has 0 saturated carbocycles. The van der Waals surface area contributed by atoms with Crippen LogP contribution < -0.4 is 10.2 Å². The van der Waals surface area contributed by atoms with Gasteiger partial charge in [-0.1, -0.05) is 44.0 Å².